The monoisotopic (exact) mass is 338 g/mol. The van der Waals surface area contributed by atoms with Crippen molar-refractivity contribution in [1.82, 2.24) is 4.90 Å². The molecule has 4 nitrogen and oxygen atoms in total. The van der Waals surface area contributed by atoms with Gasteiger partial charge in [0.15, 0.2) is 0 Å². The van der Waals surface area contributed by atoms with Crippen molar-refractivity contribution >= 4 is 17.5 Å². The number of carbonyl (C=O) groups is 2. The van der Waals surface area contributed by atoms with Gasteiger partial charge >= 0.3 is 0 Å². The SMILES string of the molecule is CCc1cccc(C)c1NC(=O)c1ccc(C(=O)N(CC)CC)cc1. The smallest absolute Gasteiger partial charge is 0.255 e. The molecule has 0 atom stereocenters. The van der Waals surface area contributed by atoms with Crippen molar-refractivity contribution in [2.75, 3.05) is 18.4 Å². The van der Waals surface area contributed by atoms with E-state index in [4.69, 9.17) is 0 Å². The average Bonchev–Trinajstić information content (AvgIpc) is 2.64. The van der Waals surface area contributed by atoms with E-state index < -0.39 is 0 Å². The molecule has 0 aliphatic carbocycles. The number of carbonyl (C=O) groups excluding carboxylic acids is 2. The van der Waals surface area contributed by atoms with Gasteiger partial charge in [0.05, 0.1) is 0 Å². The first-order chi connectivity index (χ1) is 12.0. The number of amides is 2. The van der Waals surface area contributed by atoms with Crippen LogP contribution in [0, 0.1) is 6.92 Å². The van der Waals surface area contributed by atoms with Gasteiger partial charge in [-0.05, 0) is 62.6 Å². The summed E-state index contributed by atoms with van der Waals surface area (Å²) in [7, 11) is 0. The third kappa shape index (κ3) is 4.27. The van der Waals surface area contributed by atoms with E-state index in [2.05, 4.69) is 12.2 Å². The fraction of sp³-hybridized carbons (Fsp3) is 0.333. The average molecular weight is 338 g/mol. The molecule has 2 amide bonds. The van der Waals surface area contributed by atoms with Gasteiger partial charge in [0.2, 0.25) is 0 Å². The van der Waals surface area contributed by atoms with E-state index in [0.29, 0.717) is 24.2 Å². The highest BCUT2D eigenvalue weighted by Crippen LogP contribution is 2.22. The van der Waals surface area contributed by atoms with E-state index in [1.807, 2.05) is 39.0 Å². The lowest BCUT2D eigenvalue weighted by Crippen LogP contribution is -2.30. The van der Waals surface area contributed by atoms with Gasteiger partial charge in [-0.15, -0.1) is 0 Å². The van der Waals surface area contributed by atoms with Crippen LogP contribution in [-0.2, 0) is 6.42 Å². The first-order valence-corrected chi connectivity index (χ1v) is 8.80. The summed E-state index contributed by atoms with van der Waals surface area (Å²) < 4.78 is 0. The summed E-state index contributed by atoms with van der Waals surface area (Å²) in [4.78, 5) is 26.6. The van der Waals surface area contributed by atoms with Crippen LogP contribution in [0.15, 0.2) is 42.5 Å². The molecule has 1 N–H and O–H groups in total. The molecule has 0 radical (unpaired) electrons. The van der Waals surface area contributed by atoms with Crippen molar-refractivity contribution in [2.45, 2.75) is 34.1 Å². The minimum atomic E-state index is -0.161. The quantitative estimate of drug-likeness (QED) is 0.854. The van der Waals surface area contributed by atoms with Crippen LogP contribution in [0.4, 0.5) is 5.69 Å². The molecule has 0 saturated heterocycles. The topological polar surface area (TPSA) is 49.4 Å². The lowest BCUT2D eigenvalue weighted by atomic mass is 10.0. The molecule has 0 aliphatic heterocycles. The summed E-state index contributed by atoms with van der Waals surface area (Å²) in [5.41, 5.74) is 4.17. The molecule has 4 heteroatoms. The number of benzene rings is 2. The van der Waals surface area contributed by atoms with E-state index >= 15 is 0 Å². The Morgan fingerprint density at radius 3 is 2.08 bits per heavy atom. The first kappa shape index (κ1) is 18.7. The molecule has 0 saturated carbocycles. The van der Waals surface area contributed by atoms with Crippen LogP contribution < -0.4 is 5.32 Å². The lowest BCUT2D eigenvalue weighted by molar-refractivity contribution is 0.0772. The van der Waals surface area contributed by atoms with Gasteiger partial charge in [-0.3, -0.25) is 9.59 Å². The van der Waals surface area contributed by atoms with Gasteiger partial charge in [0.25, 0.3) is 11.8 Å². The predicted molar refractivity (Wildman–Crippen MR) is 102 cm³/mol. The van der Waals surface area contributed by atoms with Crippen molar-refractivity contribution in [3.63, 3.8) is 0 Å². The summed E-state index contributed by atoms with van der Waals surface area (Å²) in [6, 6.07) is 12.8. The highest BCUT2D eigenvalue weighted by molar-refractivity contribution is 6.05. The number of anilines is 1. The summed E-state index contributed by atoms with van der Waals surface area (Å²) in [5.74, 6) is -0.171. The van der Waals surface area contributed by atoms with Crippen LogP contribution in [0.1, 0.15) is 52.6 Å². The fourth-order valence-electron chi connectivity index (χ4n) is 2.85. The van der Waals surface area contributed by atoms with Crippen molar-refractivity contribution in [3.05, 3.63) is 64.7 Å². The number of para-hydroxylation sites is 1. The molecule has 0 bridgehead atoms. The minimum Gasteiger partial charge on any atom is -0.339 e. The molecule has 2 aromatic rings. The molecule has 2 rings (SSSR count). The highest BCUT2D eigenvalue weighted by atomic mass is 16.2. The van der Waals surface area contributed by atoms with Gasteiger partial charge < -0.3 is 10.2 Å². The Hall–Kier alpha value is -2.62. The first-order valence-electron chi connectivity index (χ1n) is 8.80. The zero-order valence-corrected chi connectivity index (χ0v) is 15.4. The van der Waals surface area contributed by atoms with Crippen molar-refractivity contribution in [1.29, 1.82) is 0 Å². The van der Waals surface area contributed by atoms with Crippen molar-refractivity contribution in [3.8, 4) is 0 Å². The van der Waals surface area contributed by atoms with Crippen LogP contribution in [-0.4, -0.2) is 29.8 Å². The molecule has 0 heterocycles. The van der Waals surface area contributed by atoms with Crippen molar-refractivity contribution < 1.29 is 9.59 Å². The maximum atomic E-state index is 12.6. The van der Waals surface area contributed by atoms with Gasteiger partial charge in [0, 0.05) is 29.9 Å². The van der Waals surface area contributed by atoms with E-state index in [1.54, 1.807) is 29.2 Å². The Morgan fingerprint density at radius 2 is 1.52 bits per heavy atom. The predicted octanol–water partition coefficient (Wildman–Crippen LogP) is 4.29. The minimum absolute atomic E-state index is 0.0101. The number of nitrogens with zero attached hydrogens (tertiary/aromatic N) is 1. The Morgan fingerprint density at radius 1 is 0.920 bits per heavy atom. The molecule has 132 valence electrons. The Labute approximate surface area is 149 Å². The molecule has 0 aromatic heterocycles. The Bertz CT molecular complexity index is 747. The zero-order valence-electron chi connectivity index (χ0n) is 15.4. The molecule has 0 fully saturated rings. The normalized spacial score (nSPS) is 10.4. The zero-order chi connectivity index (χ0) is 18.4. The van der Waals surface area contributed by atoms with E-state index in [0.717, 1.165) is 23.2 Å². The highest BCUT2D eigenvalue weighted by Gasteiger charge is 2.14. The number of hydrogen-bond donors (Lipinski definition) is 1. The molecule has 2 aromatic carbocycles. The van der Waals surface area contributed by atoms with Crippen LogP contribution in [0.3, 0.4) is 0 Å². The summed E-state index contributed by atoms with van der Waals surface area (Å²) in [5, 5.41) is 3.01. The molecule has 25 heavy (non-hydrogen) atoms. The van der Waals surface area contributed by atoms with Gasteiger partial charge in [0.1, 0.15) is 0 Å². The number of hydrogen-bond acceptors (Lipinski definition) is 2. The van der Waals surface area contributed by atoms with Gasteiger partial charge in [-0.25, -0.2) is 0 Å². The maximum absolute atomic E-state index is 12.6. The molecular formula is C21H26N2O2. The molecular weight excluding hydrogens is 312 g/mol. The number of rotatable bonds is 6. The maximum Gasteiger partial charge on any atom is 0.255 e. The van der Waals surface area contributed by atoms with Crippen LogP contribution >= 0.6 is 0 Å². The second-order valence-electron chi connectivity index (χ2n) is 5.97. The summed E-state index contributed by atoms with van der Waals surface area (Å²) >= 11 is 0. The summed E-state index contributed by atoms with van der Waals surface area (Å²) in [6.07, 6.45) is 0.856. The van der Waals surface area contributed by atoms with E-state index in [1.165, 1.54) is 0 Å². The number of aryl methyl sites for hydroxylation is 2. The summed E-state index contributed by atoms with van der Waals surface area (Å²) in [6.45, 7) is 9.31. The fourth-order valence-corrected chi connectivity index (χ4v) is 2.85. The third-order valence-electron chi connectivity index (χ3n) is 4.42. The largest absolute Gasteiger partial charge is 0.339 e. The second-order valence-corrected chi connectivity index (χ2v) is 5.97. The van der Waals surface area contributed by atoms with E-state index in [-0.39, 0.29) is 11.8 Å². The van der Waals surface area contributed by atoms with Crippen LogP contribution in [0.5, 0.6) is 0 Å². The second kappa shape index (κ2) is 8.47. The lowest BCUT2D eigenvalue weighted by Gasteiger charge is -2.18. The molecule has 0 unspecified atom stereocenters. The van der Waals surface area contributed by atoms with Crippen LogP contribution in [0.25, 0.3) is 0 Å². The van der Waals surface area contributed by atoms with Crippen molar-refractivity contribution in [2.24, 2.45) is 0 Å². The van der Waals surface area contributed by atoms with Gasteiger partial charge in [-0.2, -0.15) is 0 Å². The van der Waals surface area contributed by atoms with Gasteiger partial charge in [-0.1, -0.05) is 25.1 Å². The molecule has 0 spiro atoms. The third-order valence-corrected chi connectivity index (χ3v) is 4.42. The number of nitrogens with one attached hydrogen (secondary N) is 1. The standard InChI is InChI=1S/C21H26N2O2/c1-5-16-10-8-9-15(4)19(16)22-20(24)17-11-13-18(14-12-17)21(25)23(6-2)7-3/h8-14H,5-7H2,1-4H3,(H,22,24). The Balaban J connectivity index is 2.18. The van der Waals surface area contributed by atoms with E-state index in [9.17, 15) is 9.59 Å². The van der Waals surface area contributed by atoms with Crippen LogP contribution in [0.2, 0.25) is 0 Å². The molecule has 0 aliphatic rings. The Kier molecular flexibility index (Phi) is 6.34.